The molecule has 0 amide bonds. The van der Waals surface area contributed by atoms with Gasteiger partial charge in [-0.15, -0.1) is 0 Å². The highest BCUT2D eigenvalue weighted by molar-refractivity contribution is 9.10. The van der Waals surface area contributed by atoms with Crippen molar-refractivity contribution in [2.24, 2.45) is 0 Å². The van der Waals surface area contributed by atoms with E-state index in [0.29, 0.717) is 13.2 Å². The first-order chi connectivity index (χ1) is 7.25. The van der Waals surface area contributed by atoms with Crippen LogP contribution < -0.4 is 5.32 Å². The molecule has 1 rings (SSSR count). The molecule has 15 heavy (non-hydrogen) atoms. The van der Waals surface area contributed by atoms with Crippen molar-refractivity contribution in [1.82, 2.24) is 0 Å². The molecule has 0 unspecified atom stereocenters. The Balaban J connectivity index is 2.34. The SMILES string of the molecule is Cc1cccc(NCCOCCO)c1Br. The quantitative estimate of drug-likeness (QED) is 0.781. The molecule has 0 saturated carbocycles. The molecule has 0 spiro atoms. The highest BCUT2D eigenvalue weighted by Gasteiger charge is 2.00. The molecule has 4 heteroatoms. The Labute approximate surface area is 98.6 Å². The average Bonchev–Trinajstić information content (AvgIpc) is 2.24. The van der Waals surface area contributed by atoms with E-state index in [2.05, 4.69) is 34.2 Å². The number of nitrogens with one attached hydrogen (secondary N) is 1. The maximum absolute atomic E-state index is 8.51. The van der Waals surface area contributed by atoms with E-state index in [0.717, 1.165) is 16.7 Å². The molecule has 84 valence electrons. The third-order valence-electron chi connectivity index (χ3n) is 1.99. The number of anilines is 1. The van der Waals surface area contributed by atoms with E-state index in [1.54, 1.807) is 0 Å². The summed E-state index contributed by atoms with van der Waals surface area (Å²) in [7, 11) is 0. The smallest absolute Gasteiger partial charge is 0.0698 e. The molecule has 0 saturated heterocycles. The van der Waals surface area contributed by atoms with Crippen LogP contribution in [0.1, 0.15) is 5.56 Å². The van der Waals surface area contributed by atoms with Crippen LogP contribution in [0.3, 0.4) is 0 Å². The third kappa shape index (κ3) is 4.20. The summed E-state index contributed by atoms with van der Waals surface area (Å²) in [5.74, 6) is 0. The van der Waals surface area contributed by atoms with Gasteiger partial charge in [0.1, 0.15) is 0 Å². The summed E-state index contributed by atoms with van der Waals surface area (Å²) in [5.41, 5.74) is 2.28. The van der Waals surface area contributed by atoms with Crippen LogP contribution in [-0.2, 0) is 4.74 Å². The molecule has 2 N–H and O–H groups in total. The average molecular weight is 274 g/mol. The van der Waals surface area contributed by atoms with Gasteiger partial charge in [0, 0.05) is 16.7 Å². The van der Waals surface area contributed by atoms with E-state index in [-0.39, 0.29) is 6.61 Å². The molecule has 0 aliphatic carbocycles. The lowest BCUT2D eigenvalue weighted by Crippen LogP contribution is -2.11. The number of benzene rings is 1. The minimum absolute atomic E-state index is 0.0775. The zero-order valence-electron chi connectivity index (χ0n) is 8.79. The van der Waals surface area contributed by atoms with Crippen molar-refractivity contribution in [3.05, 3.63) is 28.2 Å². The van der Waals surface area contributed by atoms with Gasteiger partial charge in [0.05, 0.1) is 19.8 Å². The van der Waals surface area contributed by atoms with Gasteiger partial charge in [0.2, 0.25) is 0 Å². The first kappa shape index (κ1) is 12.5. The molecule has 0 heterocycles. The van der Waals surface area contributed by atoms with Gasteiger partial charge in [-0.05, 0) is 34.5 Å². The fourth-order valence-electron chi connectivity index (χ4n) is 1.21. The second-order valence-electron chi connectivity index (χ2n) is 3.20. The molecule has 0 radical (unpaired) electrons. The van der Waals surface area contributed by atoms with Gasteiger partial charge in [0.15, 0.2) is 0 Å². The zero-order valence-corrected chi connectivity index (χ0v) is 10.4. The number of ether oxygens (including phenoxy) is 1. The fourth-order valence-corrected chi connectivity index (χ4v) is 1.61. The van der Waals surface area contributed by atoms with Crippen molar-refractivity contribution in [2.75, 3.05) is 31.7 Å². The monoisotopic (exact) mass is 273 g/mol. The Morgan fingerprint density at radius 3 is 2.93 bits per heavy atom. The highest BCUT2D eigenvalue weighted by Crippen LogP contribution is 2.25. The molecular formula is C11H16BrNO2. The minimum atomic E-state index is 0.0775. The Hall–Kier alpha value is -0.580. The summed E-state index contributed by atoms with van der Waals surface area (Å²) >= 11 is 3.52. The standard InChI is InChI=1S/C11H16BrNO2/c1-9-3-2-4-10(11(9)12)13-5-7-15-8-6-14/h2-4,13-14H,5-8H2,1H3. The lowest BCUT2D eigenvalue weighted by Gasteiger charge is -2.10. The van der Waals surface area contributed by atoms with Crippen LogP contribution in [0, 0.1) is 6.92 Å². The number of hydrogen-bond donors (Lipinski definition) is 2. The summed E-state index contributed by atoms with van der Waals surface area (Å²) in [6.07, 6.45) is 0. The fraction of sp³-hybridized carbons (Fsp3) is 0.455. The summed E-state index contributed by atoms with van der Waals surface area (Å²) < 4.78 is 6.24. The lowest BCUT2D eigenvalue weighted by atomic mass is 10.2. The Morgan fingerprint density at radius 2 is 2.20 bits per heavy atom. The van der Waals surface area contributed by atoms with Crippen LogP contribution in [0.25, 0.3) is 0 Å². The number of halogens is 1. The van der Waals surface area contributed by atoms with E-state index in [1.807, 2.05) is 12.1 Å². The normalized spacial score (nSPS) is 10.3. The van der Waals surface area contributed by atoms with Gasteiger partial charge in [0.25, 0.3) is 0 Å². The molecule has 0 aromatic heterocycles. The predicted octanol–water partition coefficient (Wildman–Crippen LogP) is 2.18. The number of aliphatic hydroxyl groups is 1. The van der Waals surface area contributed by atoms with Crippen LogP contribution in [0.15, 0.2) is 22.7 Å². The third-order valence-corrected chi connectivity index (χ3v) is 3.04. The van der Waals surface area contributed by atoms with Gasteiger partial charge in [-0.3, -0.25) is 0 Å². The van der Waals surface area contributed by atoms with Gasteiger partial charge < -0.3 is 15.2 Å². The molecule has 1 aromatic carbocycles. The predicted molar refractivity (Wildman–Crippen MR) is 65.3 cm³/mol. The van der Waals surface area contributed by atoms with E-state index in [9.17, 15) is 0 Å². The minimum Gasteiger partial charge on any atom is -0.394 e. The molecule has 0 aliphatic rings. The summed E-state index contributed by atoms with van der Waals surface area (Å²) in [4.78, 5) is 0. The Bertz CT molecular complexity index is 305. The van der Waals surface area contributed by atoms with E-state index < -0.39 is 0 Å². The Morgan fingerprint density at radius 1 is 1.40 bits per heavy atom. The van der Waals surface area contributed by atoms with Crippen molar-refractivity contribution >= 4 is 21.6 Å². The van der Waals surface area contributed by atoms with E-state index >= 15 is 0 Å². The number of aliphatic hydroxyl groups excluding tert-OH is 1. The molecule has 0 atom stereocenters. The van der Waals surface area contributed by atoms with E-state index in [1.165, 1.54) is 5.56 Å². The van der Waals surface area contributed by atoms with E-state index in [4.69, 9.17) is 9.84 Å². The lowest BCUT2D eigenvalue weighted by molar-refractivity contribution is 0.0992. The largest absolute Gasteiger partial charge is 0.394 e. The first-order valence-corrected chi connectivity index (χ1v) is 5.72. The number of hydrogen-bond acceptors (Lipinski definition) is 3. The Kier molecular flexibility index (Phi) is 5.68. The van der Waals surface area contributed by atoms with Gasteiger partial charge >= 0.3 is 0 Å². The summed E-state index contributed by atoms with van der Waals surface area (Å²) in [6, 6.07) is 6.08. The van der Waals surface area contributed by atoms with Gasteiger partial charge in [-0.1, -0.05) is 12.1 Å². The number of rotatable bonds is 6. The molecular weight excluding hydrogens is 258 g/mol. The zero-order chi connectivity index (χ0) is 11.1. The van der Waals surface area contributed by atoms with Crippen molar-refractivity contribution < 1.29 is 9.84 Å². The van der Waals surface area contributed by atoms with Crippen LogP contribution >= 0.6 is 15.9 Å². The van der Waals surface area contributed by atoms with Gasteiger partial charge in [-0.2, -0.15) is 0 Å². The molecule has 0 fully saturated rings. The number of aryl methyl sites for hydroxylation is 1. The highest BCUT2D eigenvalue weighted by atomic mass is 79.9. The van der Waals surface area contributed by atoms with Gasteiger partial charge in [-0.25, -0.2) is 0 Å². The van der Waals surface area contributed by atoms with Crippen LogP contribution in [0.2, 0.25) is 0 Å². The first-order valence-electron chi connectivity index (χ1n) is 4.93. The second-order valence-corrected chi connectivity index (χ2v) is 3.99. The summed E-state index contributed by atoms with van der Waals surface area (Å²) in [5, 5.41) is 11.8. The molecule has 0 aliphatic heterocycles. The topological polar surface area (TPSA) is 41.5 Å². The van der Waals surface area contributed by atoms with Crippen LogP contribution in [0.5, 0.6) is 0 Å². The van der Waals surface area contributed by atoms with Crippen molar-refractivity contribution in [2.45, 2.75) is 6.92 Å². The summed E-state index contributed by atoms with van der Waals surface area (Å²) in [6.45, 7) is 3.87. The van der Waals surface area contributed by atoms with Crippen LogP contribution in [0.4, 0.5) is 5.69 Å². The molecule has 0 bridgehead atoms. The molecule has 1 aromatic rings. The maximum Gasteiger partial charge on any atom is 0.0698 e. The van der Waals surface area contributed by atoms with Crippen LogP contribution in [-0.4, -0.2) is 31.5 Å². The van der Waals surface area contributed by atoms with Crippen molar-refractivity contribution in [3.8, 4) is 0 Å². The second kappa shape index (κ2) is 6.82. The maximum atomic E-state index is 8.51. The van der Waals surface area contributed by atoms with Crippen molar-refractivity contribution in [1.29, 1.82) is 0 Å². The van der Waals surface area contributed by atoms with Crippen molar-refractivity contribution in [3.63, 3.8) is 0 Å². The molecule has 3 nitrogen and oxygen atoms in total.